The molecular formula is C17H17FN4O2S. The second-order valence-electron chi connectivity index (χ2n) is 5.57. The van der Waals surface area contributed by atoms with E-state index >= 15 is 0 Å². The van der Waals surface area contributed by atoms with E-state index in [1.54, 1.807) is 11.9 Å². The van der Waals surface area contributed by atoms with Crippen molar-refractivity contribution in [1.82, 2.24) is 15.1 Å². The number of benzene rings is 1. The van der Waals surface area contributed by atoms with Gasteiger partial charge in [0.25, 0.3) is 5.89 Å². The summed E-state index contributed by atoms with van der Waals surface area (Å²) >= 11 is 1.52. The van der Waals surface area contributed by atoms with Crippen LogP contribution in [-0.4, -0.2) is 34.6 Å². The molecule has 1 amide bonds. The van der Waals surface area contributed by atoms with Crippen LogP contribution in [0.5, 0.6) is 0 Å². The summed E-state index contributed by atoms with van der Waals surface area (Å²) in [6.07, 6.45) is 0. The minimum absolute atomic E-state index is 0.134. The molecule has 0 aliphatic rings. The van der Waals surface area contributed by atoms with Gasteiger partial charge in [0.05, 0.1) is 17.5 Å². The number of anilines is 1. The van der Waals surface area contributed by atoms with E-state index in [0.717, 1.165) is 4.88 Å². The van der Waals surface area contributed by atoms with Gasteiger partial charge < -0.3 is 9.73 Å². The van der Waals surface area contributed by atoms with Gasteiger partial charge in [0.1, 0.15) is 5.82 Å². The molecule has 0 saturated carbocycles. The molecule has 1 aromatic carbocycles. The molecule has 0 unspecified atom stereocenters. The van der Waals surface area contributed by atoms with E-state index < -0.39 is 0 Å². The highest BCUT2D eigenvalue weighted by molar-refractivity contribution is 7.13. The fourth-order valence-corrected chi connectivity index (χ4v) is 2.83. The van der Waals surface area contributed by atoms with Crippen molar-refractivity contribution in [2.75, 3.05) is 18.9 Å². The van der Waals surface area contributed by atoms with Crippen molar-refractivity contribution < 1.29 is 13.6 Å². The molecule has 3 rings (SSSR count). The molecule has 1 atom stereocenters. The van der Waals surface area contributed by atoms with E-state index in [-0.39, 0.29) is 24.3 Å². The summed E-state index contributed by atoms with van der Waals surface area (Å²) < 4.78 is 18.6. The van der Waals surface area contributed by atoms with E-state index in [1.165, 1.54) is 35.6 Å². The first kappa shape index (κ1) is 17.2. The largest absolute Gasteiger partial charge is 0.418 e. The van der Waals surface area contributed by atoms with Gasteiger partial charge in [-0.25, -0.2) is 4.39 Å². The van der Waals surface area contributed by atoms with Gasteiger partial charge in [0.2, 0.25) is 11.8 Å². The van der Waals surface area contributed by atoms with Crippen LogP contribution in [0.4, 0.5) is 10.1 Å². The predicted octanol–water partition coefficient (Wildman–Crippen LogP) is 3.57. The number of aromatic nitrogens is 2. The number of halogens is 1. The molecule has 130 valence electrons. The lowest BCUT2D eigenvalue weighted by molar-refractivity contribution is -0.117. The Labute approximate surface area is 148 Å². The van der Waals surface area contributed by atoms with Crippen LogP contribution in [0.3, 0.4) is 0 Å². The lowest BCUT2D eigenvalue weighted by Crippen LogP contribution is -2.32. The van der Waals surface area contributed by atoms with Gasteiger partial charge in [-0.05, 0) is 49.7 Å². The van der Waals surface area contributed by atoms with E-state index in [0.29, 0.717) is 17.5 Å². The van der Waals surface area contributed by atoms with Gasteiger partial charge in [-0.1, -0.05) is 6.07 Å². The summed E-state index contributed by atoms with van der Waals surface area (Å²) in [7, 11) is 1.80. The molecule has 0 saturated heterocycles. The summed E-state index contributed by atoms with van der Waals surface area (Å²) in [5.41, 5.74) is 0.547. The highest BCUT2D eigenvalue weighted by Crippen LogP contribution is 2.26. The number of likely N-dealkylation sites (N-methyl/N-ethyl adjacent to an activating group) is 1. The average molecular weight is 360 g/mol. The lowest BCUT2D eigenvalue weighted by Gasteiger charge is -2.21. The topological polar surface area (TPSA) is 71.3 Å². The molecule has 2 heterocycles. The first-order valence-corrected chi connectivity index (χ1v) is 8.54. The second-order valence-corrected chi connectivity index (χ2v) is 6.52. The van der Waals surface area contributed by atoms with Gasteiger partial charge in [-0.2, -0.15) is 0 Å². The number of rotatable bonds is 6. The third-order valence-corrected chi connectivity index (χ3v) is 4.57. The van der Waals surface area contributed by atoms with Crippen molar-refractivity contribution in [2.45, 2.75) is 13.0 Å². The Kier molecular flexibility index (Phi) is 5.20. The van der Waals surface area contributed by atoms with Crippen LogP contribution in [-0.2, 0) is 4.79 Å². The third kappa shape index (κ3) is 4.28. The summed E-state index contributed by atoms with van der Waals surface area (Å²) in [5.74, 6) is 0.363. The maximum Gasteiger partial charge on any atom is 0.257 e. The monoisotopic (exact) mass is 360 g/mol. The minimum atomic E-state index is -0.346. The molecule has 0 bridgehead atoms. The molecule has 0 aliphatic carbocycles. The zero-order valence-corrected chi connectivity index (χ0v) is 14.6. The fraction of sp³-hybridized carbons (Fsp3) is 0.235. The van der Waals surface area contributed by atoms with Gasteiger partial charge in [0.15, 0.2) is 0 Å². The molecule has 0 radical (unpaired) electrons. The first-order chi connectivity index (χ1) is 12.0. The van der Waals surface area contributed by atoms with E-state index in [4.69, 9.17) is 4.42 Å². The summed E-state index contributed by atoms with van der Waals surface area (Å²) in [6.45, 7) is 2.02. The van der Waals surface area contributed by atoms with Gasteiger partial charge >= 0.3 is 0 Å². The lowest BCUT2D eigenvalue weighted by atomic mass is 10.3. The van der Waals surface area contributed by atoms with Crippen LogP contribution >= 0.6 is 11.3 Å². The van der Waals surface area contributed by atoms with E-state index in [9.17, 15) is 9.18 Å². The quantitative estimate of drug-likeness (QED) is 0.728. The molecule has 2 aromatic heterocycles. The SMILES string of the molecule is C[C@H](c1nnc(-c2cccs2)o1)N(C)CC(=O)Nc1ccc(F)cc1. The number of nitrogens with one attached hydrogen (secondary N) is 1. The van der Waals surface area contributed by atoms with Crippen LogP contribution in [0, 0.1) is 5.82 Å². The third-order valence-electron chi connectivity index (χ3n) is 3.71. The van der Waals surface area contributed by atoms with Crippen LogP contribution in [0.2, 0.25) is 0 Å². The smallest absolute Gasteiger partial charge is 0.257 e. The Morgan fingerprint density at radius 3 is 2.76 bits per heavy atom. The van der Waals surface area contributed by atoms with Crippen molar-refractivity contribution >= 4 is 22.9 Å². The zero-order chi connectivity index (χ0) is 17.8. The fourth-order valence-electron chi connectivity index (χ4n) is 2.19. The Bertz CT molecular complexity index is 833. The molecule has 8 heteroatoms. The first-order valence-electron chi connectivity index (χ1n) is 7.66. The molecule has 0 fully saturated rings. The van der Waals surface area contributed by atoms with Crippen molar-refractivity contribution in [2.24, 2.45) is 0 Å². The second kappa shape index (κ2) is 7.54. The highest BCUT2D eigenvalue weighted by atomic mass is 32.1. The Morgan fingerprint density at radius 2 is 2.08 bits per heavy atom. The van der Waals surface area contributed by atoms with Crippen LogP contribution in [0.25, 0.3) is 10.8 Å². The average Bonchev–Trinajstić information content (AvgIpc) is 3.27. The Balaban J connectivity index is 1.59. The van der Waals surface area contributed by atoms with Crippen LogP contribution < -0.4 is 5.32 Å². The Hall–Kier alpha value is -2.58. The molecule has 6 nitrogen and oxygen atoms in total. The number of thiophene rings is 1. The van der Waals surface area contributed by atoms with Gasteiger partial charge in [0, 0.05) is 5.69 Å². The van der Waals surface area contributed by atoms with Crippen LogP contribution in [0.15, 0.2) is 46.2 Å². The van der Waals surface area contributed by atoms with Gasteiger partial charge in [-0.3, -0.25) is 9.69 Å². The number of hydrogen-bond donors (Lipinski definition) is 1. The minimum Gasteiger partial charge on any atom is -0.418 e. The van der Waals surface area contributed by atoms with E-state index in [2.05, 4.69) is 15.5 Å². The molecule has 0 spiro atoms. The van der Waals surface area contributed by atoms with Crippen molar-refractivity contribution in [3.05, 3.63) is 53.5 Å². The van der Waals surface area contributed by atoms with Crippen molar-refractivity contribution in [1.29, 1.82) is 0 Å². The highest BCUT2D eigenvalue weighted by Gasteiger charge is 2.21. The number of carbonyl (C=O) groups is 1. The molecular weight excluding hydrogens is 343 g/mol. The number of nitrogens with zero attached hydrogens (tertiary/aromatic N) is 3. The molecule has 1 N–H and O–H groups in total. The Morgan fingerprint density at radius 1 is 1.32 bits per heavy atom. The molecule has 25 heavy (non-hydrogen) atoms. The molecule has 3 aromatic rings. The zero-order valence-electron chi connectivity index (χ0n) is 13.8. The van der Waals surface area contributed by atoms with Gasteiger partial charge in [-0.15, -0.1) is 21.5 Å². The number of hydrogen-bond acceptors (Lipinski definition) is 6. The van der Waals surface area contributed by atoms with E-state index in [1.807, 2.05) is 24.4 Å². The number of carbonyl (C=O) groups excluding carboxylic acids is 1. The maximum atomic E-state index is 12.9. The van der Waals surface area contributed by atoms with Crippen molar-refractivity contribution in [3.8, 4) is 10.8 Å². The summed E-state index contributed by atoms with van der Waals surface area (Å²) in [6, 6.07) is 9.23. The molecule has 0 aliphatic heterocycles. The standard InChI is InChI=1S/C17H17FN4O2S/c1-11(16-20-21-17(24-16)14-4-3-9-25-14)22(2)10-15(23)19-13-7-5-12(18)6-8-13/h3-9,11H,10H2,1-2H3,(H,19,23)/t11-/m1/s1. The summed E-state index contributed by atoms with van der Waals surface area (Å²) in [5, 5.41) is 12.8. The maximum absolute atomic E-state index is 12.9. The van der Waals surface area contributed by atoms with Crippen molar-refractivity contribution in [3.63, 3.8) is 0 Å². The van der Waals surface area contributed by atoms with Crippen LogP contribution in [0.1, 0.15) is 18.9 Å². The summed E-state index contributed by atoms with van der Waals surface area (Å²) in [4.78, 5) is 14.8. The predicted molar refractivity (Wildman–Crippen MR) is 93.7 cm³/mol. The normalized spacial score (nSPS) is 12.3. The number of amides is 1.